The molecule has 1 aliphatic rings. The topological polar surface area (TPSA) is 72.6 Å². The molecule has 0 aliphatic carbocycles. The molecule has 0 saturated carbocycles. The van der Waals surface area contributed by atoms with Crippen molar-refractivity contribution in [1.82, 2.24) is 4.31 Å². The highest BCUT2D eigenvalue weighted by atomic mass is 32.2. The minimum Gasteiger partial charge on any atom is -0.378 e. The normalized spacial score (nSPS) is 21.7. The molecule has 1 aromatic heterocycles. The average Bonchev–Trinajstić information content (AvgIpc) is 2.80. The Morgan fingerprint density at radius 1 is 1.58 bits per heavy atom. The largest absolute Gasteiger partial charge is 0.378 e. The molecule has 0 amide bonds. The van der Waals surface area contributed by atoms with Gasteiger partial charge < -0.3 is 10.5 Å². The second-order valence-electron chi connectivity index (χ2n) is 4.63. The zero-order valence-electron chi connectivity index (χ0n) is 11.3. The second kappa shape index (κ2) is 5.88. The van der Waals surface area contributed by atoms with E-state index in [9.17, 15) is 8.42 Å². The van der Waals surface area contributed by atoms with E-state index in [4.69, 9.17) is 10.5 Å². The van der Waals surface area contributed by atoms with Gasteiger partial charge in [-0.05, 0) is 24.3 Å². The van der Waals surface area contributed by atoms with Gasteiger partial charge in [-0.3, -0.25) is 0 Å². The molecule has 0 spiro atoms. The summed E-state index contributed by atoms with van der Waals surface area (Å²) < 4.78 is 32.6. The van der Waals surface area contributed by atoms with Gasteiger partial charge in [0.2, 0.25) is 10.0 Å². The van der Waals surface area contributed by atoms with Crippen LogP contribution in [0.2, 0.25) is 0 Å². The summed E-state index contributed by atoms with van der Waals surface area (Å²) in [6.45, 7) is 5.40. The van der Waals surface area contributed by atoms with Crippen molar-refractivity contribution in [2.75, 3.05) is 19.8 Å². The number of ether oxygens (including phenoxy) is 1. The van der Waals surface area contributed by atoms with E-state index in [0.29, 0.717) is 24.7 Å². The Hall–Kier alpha value is -0.470. The first-order valence-electron chi connectivity index (χ1n) is 6.39. The van der Waals surface area contributed by atoms with Crippen molar-refractivity contribution < 1.29 is 13.2 Å². The molecule has 2 N–H and O–H groups in total. The maximum absolute atomic E-state index is 12.8. The number of sulfonamides is 1. The quantitative estimate of drug-likeness (QED) is 0.910. The lowest BCUT2D eigenvalue weighted by atomic mass is 10.2. The number of nitrogens with two attached hydrogens (primary N) is 1. The Bertz CT molecular complexity index is 539. The SMILES string of the molecule is CCC1COCCN1S(=O)(=O)c1c(C)csc1CN. The van der Waals surface area contributed by atoms with Gasteiger partial charge in [-0.2, -0.15) is 4.31 Å². The van der Waals surface area contributed by atoms with Gasteiger partial charge >= 0.3 is 0 Å². The summed E-state index contributed by atoms with van der Waals surface area (Å²) >= 11 is 1.41. The molecule has 1 unspecified atom stereocenters. The lowest BCUT2D eigenvalue weighted by Gasteiger charge is -2.34. The second-order valence-corrected chi connectivity index (χ2v) is 7.42. The molecule has 0 aromatic carbocycles. The van der Waals surface area contributed by atoms with E-state index in [1.807, 2.05) is 19.2 Å². The van der Waals surface area contributed by atoms with Crippen LogP contribution in [0.1, 0.15) is 23.8 Å². The van der Waals surface area contributed by atoms with Crippen molar-refractivity contribution in [2.24, 2.45) is 5.73 Å². The number of hydrogen-bond acceptors (Lipinski definition) is 5. The van der Waals surface area contributed by atoms with Crippen molar-refractivity contribution >= 4 is 21.4 Å². The summed E-state index contributed by atoms with van der Waals surface area (Å²) in [4.78, 5) is 1.14. The van der Waals surface area contributed by atoms with E-state index < -0.39 is 10.0 Å². The van der Waals surface area contributed by atoms with E-state index in [1.54, 1.807) is 4.31 Å². The summed E-state index contributed by atoms with van der Waals surface area (Å²) in [6, 6.07) is -0.0799. The standard InChI is InChI=1S/C12H20N2O3S2/c1-3-10-7-17-5-4-14(10)19(15,16)12-9(2)8-18-11(12)6-13/h8,10H,3-7,13H2,1-2H3. The summed E-state index contributed by atoms with van der Waals surface area (Å²) in [5.41, 5.74) is 6.44. The molecule has 108 valence electrons. The Morgan fingerprint density at radius 3 is 2.95 bits per heavy atom. The lowest BCUT2D eigenvalue weighted by molar-refractivity contribution is 0.0314. The summed E-state index contributed by atoms with van der Waals surface area (Å²) in [5, 5.41) is 1.86. The molecule has 1 atom stereocenters. The van der Waals surface area contributed by atoms with Crippen molar-refractivity contribution in [3.05, 3.63) is 15.8 Å². The molecule has 0 bridgehead atoms. The molecule has 7 heteroatoms. The number of hydrogen-bond donors (Lipinski definition) is 1. The minimum atomic E-state index is -3.47. The van der Waals surface area contributed by atoms with Gasteiger partial charge in [0, 0.05) is 24.0 Å². The Balaban J connectivity index is 2.43. The van der Waals surface area contributed by atoms with Crippen molar-refractivity contribution in [3.8, 4) is 0 Å². The van der Waals surface area contributed by atoms with Gasteiger partial charge in [0.15, 0.2) is 0 Å². The molecule has 2 rings (SSSR count). The molecule has 19 heavy (non-hydrogen) atoms. The van der Waals surface area contributed by atoms with Gasteiger partial charge in [-0.25, -0.2) is 8.42 Å². The lowest BCUT2D eigenvalue weighted by Crippen LogP contribution is -2.48. The third-order valence-electron chi connectivity index (χ3n) is 3.39. The van der Waals surface area contributed by atoms with Crippen LogP contribution >= 0.6 is 11.3 Å². The number of nitrogens with zero attached hydrogens (tertiary/aromatic N) is 1. The fourth-order valence-electron chi connectivity index (χ4n) is 2.37. The van der Waals surface area contributed by atoms with E-state index in [2.05, 4.69) is 0 Å². The molecule has 0 radical (unpaired) electrons. The smallest absolute Gasteiger partial charge is 0.244 e. The van der Waals surface area contributed by atoms with E-state index in [-0.39, 0.29) is 12.6 Å². The fraction of sp³-hybridized carbons (Fsp3) is 0.667. The number of rotatable bonds is 4. The predicted molar refractivity (Wildman–Crippen MR) is 75.7 cm³/mol. The van der Waals surface area contributed by atoms with Gasteiger partial charge in [0.1, 0.15) is 4.90 Å². The van der Waals surface area contributed by atoms with Crippen LogP contribution in [-0.4, -0.2) is 38.5 Å². The summed E-state index contributed by atoms with van der Waals surface area (Å²) in [5.74, 6) is 0. The van der Waals surface area contributed by atoms with Crippen LogP contribution in [0.3, 0.4) is 0 Å². The molecule has 1 aromatic rings. The maximum atomic E-state index is 12.8. The Labute approximate surface area is 118 Å². The van der Waals surface area contributed by atoms with Gasteiger partial charge in [-0.15, -0.1) is 11.3 Å². The predicted octanol–water partition coefficient (Wildman–Crippen LogP) is 1.31. The maximum Gasteiger partial charge on any atom is 0.244 e. The molecule has 1 saturated heterocycles. The van der Waals surface area contributed by atoms with E-state index >= 15 is 0 Å². The number of thiophene rings is 1. The molecular formula is C12H20N2O3S2. The van der Waals surface area contributed by atoms with Crippen molar-refractivity contribution in [2.45, 2.75) is 37.8 Å². The Kier molecular flexibility index (Phi) is 4.62. The van der Waals surface area contributed by atoms with Gasteiger partial charge in [-0.1, -0.05) is 6.92 Å². The third kappa shape index (κ3) is 2.71. The monoisotopic (exact) mass is 304 g/mol. The number of aryl methyl sites for hydroxylation is 1. The van der Waals surface area contributed by atoms with Crippen LogP contribution in [0, 0.1) is 6.92 Å². The zero-order valence-corrected chi connectivity index (χ0v) is 12.9. The molecule has 1 aliphatic heterocycles. The Morgan fingerprint density at radius 2 is 2.32 bits per heavy atom. The van der Waals surface area contributed by atoms with Crippen LogP contribution in [-0.2, 0) is 21.3 Å². The fourth-order valence-corrected chi connectivity index (χ4v) is 5.69. The van der Waals surface area contributed by atoms with Crippen molar-refractivity contribution in [3.63, 3.8) is 0 Å². The first-order chi connectivity index (χ1) is 9.02. The minimum absolute atomic E-state index is 0.0799. The van der Waals surface area contributed by atoms with Crippen LogP contribution in [0.15, 0.2) is 10.3 Å². The summed E-state index contributed by atoms with van der Waals surface area (Å²) in [6.07, 6.45) is 0.750. The van der Waals surface area contributed by atoms with Crippen LogP contribution in [0.5, 0.6) is 0 Å². The van der Waals surface area contributed by atoms with E-state index in [0.717, 1.165) is 16.9 Å². The zero-order chi connectivity index (χ0) is 14.0. The summed E-state index contributed by atoms with van der Waals surface area (Å²) in [7, 11) is -3.47. The highest BCUT2D eigenvalue weighted by molar-refractivity contribution is 7.89. The van der Waals surface area contributed by atoms with Crippen LogP contribution < -0.4 is 5.73 Å². The van der Waals surface area contributed by atoms with Gasteiger partial charge in [0.05, 0.1) is 13.2 Å². The van der Waals surface area contributed by atoms with Gasteiger partial charge in [0.25, 0.3) is 0 Å². The molecule has 5 nitrogen and oxygen atoms in total. The highest BCUT2D eigenvalue weighted by Gasteiger charge is 2.35. The van der Waals surface area contributed by atoms with Crippen LogP contribution in [0.4, 0.5) is 0 Å². The van der Waals surface area contributed by atoms with Crippen LogP contribution in [0.25, 0.3) is 0 Å². The van der Waals surface area contributed by atoms with Crippen molar-refractivity contribution in [1.29, 1.82) is 0 Å². The molecule has 2 heterocycles. The first-order valence-corrected chi connectivity index (χ1v) is 8.71. The number of morpholine rings is 1. The third-order valence-corrected chi connectivity index (χ3v) is 6.82. The first kappa shape index (κ1) is 14.9. The average molecular weight is 304 g/mol. The molecule has 1 fully saturated rings. The van der Waals surface area contributed by atoms with E-state index in [1.165, 1.54) is 11.3 Å². The highest BCUT2D eigenvalue weighted by Crippen LogP contribution is 2.31. The molecular weight excluding hydrogens is 284 g/mol.